The molecule has 2 aliphatic carbocycles. The van der Waals surface area contributed by atoms with Crippen molar-refractivity contribution in [2.45, 2.75) is 129 Å². The summed E-state index contributed by atoms with van der Waals surface area (Å²) in [5.74, 6) is 0. The van der Waals surface area contributed by atoms with Crippen LogP contribution in [0.25, 0.3) is 55.1 Å². The Morgan fingerprint density at radius 2 is 1.07 bits per heavy atom. The molecule has 0 amide bonds. The molecule has 0 saturated carbocycles. The van der Waals surface area contributed by atoms with Crippen LogP contribution in [-0.2, 0) is 27.1 Å². The highest BCUT2D eigenvalue weighted by Crippen LogP contribution is 2.56. The topological polar surface area (TPSA) is 19.6 Å². The second kappa shape index (κ2) is 15.4. The molecule has 1 aromatic heterocycles. The van der Waals surface area contributed by atoms with Crippen LogP contribution >= 0.6 is 0 Å². The molecule has 8 aromatic carbocycles. The van der Waals surface area contributed by atoms with Gasteiger partial charge < -0.3 is 14.1 Å². The summed E-state index contributed by atoms with van der Waals surface area (Å²) in [5.41, 5.74) is 23.6. The number of rotatable bonds is 4. The van der Waals surface area contributed by atoms with E-state index in [1.165, 1.54) is 106 Å². The van der Waals surface area contributed by atoms with Gasteiger partial charge in [0.25, 0.3) is 0 Å². The van der Waals surface area contributed by atoms with E-state index in [4.69, 9.17) is 4.42 Å². The van der Waals surface area contributed by atoms with E-state index >= 15 is 0 Å². The Labute approximate surface area is 428 Å². The maximum atomic E-state index is 7.84. The summed E-state index contributed by atoms with van der Waals surface area (Å²) in [6.07, 6.45) is 4.58. The minimum atomic E-state index is -0.290. The van der Waals surface area contributed by atoms with Crippen molar-refractivity contribution in [1.29, 1.82) is 0 Å². The molecule has 13 rings (SSSR count). The van der Waals surface area contributed by atoms with E-state index < -0.39 is 0 Å². The van der Waals surface area contributed by atoms with E-state index in [2.05, 4.69) is 244 Å². The lowest BCUT2D eigenvalue weighted by atomic mass is 9.45. The summed E-state index contributed by atoms with van der Waals surface area (Å²) in [6.45, 7) is 26.3. The molecule has 4 heteroatoms. The monoisotopic (exact) mass is 939 g/mol. The van der Waals surface area contributed by atoms with Gasteiger partial charge in [-0.25, -0.2) is 0 Å². The second-order valence-corrected chi connectivity index (χ2v) is 25.4. The van der Waals surface area contributed by atoms with Crippen LogP contribution in [-0.4, -0.2) is 6.85 Å². The van der Waals surface area contributed by atoms with Crippen LogP contribution in [0.5, 0.6) is 0 Å². The molecule has 0 N–H and O–H groups in total. The molecule has 0 saturated heterocycles. The molecule has 0 spiro atoms. The van der Waals surface area contributed by atoms with Crippen molar-refractivity contribution < 1.29 is 4.42 Å². The first kappa shape index (κ1) is 45.1. The third-order valence-corrected chi connectivity index (χ3v) is 17.9. The molecule has 0 radical (unpaired) electrons. The fourth-order valence-electron chi connectivity index (χ4n) is 13.4. The molecule has 4 aliphatic rings. The summed E-state index contributed by atoms with van der Waals surface area (Å²) in [5, 5.41) is 3.63. The number of fused-ring (bicyclic) bond motifs is 10. The number of furan rings is 1. The predicted octanol–water partition coefficient (Wildman–Crippen LogP) is 17.6. The molecule has 3 heterocycles. The number of benzene rings is 8. The first-order chi connectivity index (χ1) is 34.3. The van der Waals surface area contributed by atoms with Gasteiger partial charge in [-0.05, 0) is 162 Å². The van der Waals surface area contributed by atoms with Gasteiger partial charge in [-0.2, -0.15) is 0 Å². The maximum Gasteiger partial charge on any atom is 0.375 e. The summed E-state index contributed by atoms with van der Waals surface area (Å²) in [6, 6.07) is 60.5. The van der Waals surface area contributed by atoms with Crippen LogP contribution in [0, 0.1) is 0 Å². The molecule has 0 fully saturated rings. The van der Waals surface area contributed by atoms with Gasteiger partial charge in [-0.1, -0.05) is 185 Å². The van der Waals surface area contributed by atoms with Crippen LogP contribution in [0.15, 0.2) is 162 Å². The Kier molecular flexibility index (Phi) is 9.63. The smallest absolute Gasteiger partial charge is 0.375 e. The fraction of sp³-hybridized carbons (Fsp3) is 0.294. The molecule has 72 heavy (non-hydrogen) atoms. The molecular formula is C68H67BN2O. The van der Waals surface area contributed by atoms with Gasteiger partial charge in [0.05, 0.1) is 17.1 Å². The van der Waals surface area contributed by atoms with Crippen molar-refractivity contribution in [3.05, 3.63) is 186 Å². The van der Waals surface area contributed by atoms with Gasteiger partial charge in [-0.3, -0.25) is 0 Å². The second-order valence-electron chi connectivity index (χ2n) is 25.4. The number of anilines is 5. The number of hydrogen-bond acceptors (Lipinski definition) is 3. The van der Waals surface area contributed by atoms with Crippen LogP contribution in [0.2, 0.25) is 0 Å². The Hall–Kier alpha value is -6.78. The highest BCUT2D eigenvalue weighted by atomic mass is 16.3. The molecule has 0 unspecified atom stereocenters. The average molecular weight is 939 g/mol. The third-order valence-electron chi connectivity index (χ3n) is 17.9. The molecule has 9 aromatic rings. The normalized spacial score (nSPS) is 17.8. The number of hydrogen-bond donors (Lipinski definition) is 0. The Morgan fingerprint density at radius 1 is 0.458 bits per heavy atom. The lowest BCUT2D eigenvalue weighted by Crippen LogP contribution is -2.61. The van der Waals surface area contributed by atoms with E-state index in [1.54, 1.807) is 0 Å². The lowest BCUT2D eigenvalue weighted by molar-refractivity contribution is 0.332. The summed E-state index contributed by atoms with van der Waals surface area (Å²) in [7, 11) is 0. The van der Waals surface area contributed by atoms with Crippen LogP contribution in [0.1, 0.15) is 130 Å². The van der Waals surface area contributed by atoms with Crippen LogP contribution in [0.3, 0.4) is 0 Å². The zero-order valence-electron chi connectivity index (χ0n) is 44.2. The minimum Gasteiger partial charge on any atom is -0.466 e. The molecule has 3 nitrogen and oxygen atoms in total. The standard InChI is InChI=1S/C68H67BN2O/c1-64(2,3)46-27-31-57(50(38-46)43-22-16-13-17-23-43)70-61-48-25-19-18-24-45(48)36-51-49-29-26-44(42-20-14-12-15-21-42)37-58(49)71(47-28-30-53-54(39-47)66(6,7)33-32-65(53,4)5)69(60(51)61)63-62(70)52-40-55-56(41-59(52)72-63)68(10,11)35-34-67(55,8)9/h12-31,36-41H,32-35H2,1-11H3. The SMILES string of the molecule is CC(C)(C)c1ccc(N2c3c4c(cc5ccccc35)-c3ccc(-c5ccccc5)cc3N(c3ccc5c(c3)C(C)(C)CCC5(C)C)B4c3oc4cc5c(cc4c32)C(C)(C)CCC5(C)C)c(-c2ccccc2)c1. The van der Waals surface area contributed by atoms with E-state index in [-0.39, 0.29) is 33.9 Å². The van der Waals surface area contributed by atoms with Crippen molar-refractivity contribution in [2.24, 2.45) is 0 Å². The lowest BCUT2D eigenvalue weighted by Gasteiger charge is -2.46. The summed E-state index contributed by atoms with van der Waals surface area (Å²) in [4.78, 5) is 5.34. The zero-order valence-corrected chi connectivity index (χ0v) is 44.2. The molecular weight excluding hydrogens is 872 g/mol. The van der Waals surface area contributed by atoms with Crippen LogP contribution in [0.4, 0.5) is 28.4 Å². The average Bonchev–Trinajstić information content (AvgIpc) is 3.75. The van der Waals surface area contributed by atoms with E-state index in [0.717, 1.165) is 41.9 Å². The van der Waals surface area contributed by atoms with Gasteiger partial charge in [-0.15, -0.1) is 0 Å². The minimum absolute atomic E-state index is 0.00259. The molecule has 0 atom stereocenters. The van der Waals surface area contributed by atoms with Gasteiger partial charge >= 0.3 is 6.85 Å². The van der Waals surface area contributed by atoms with Crippen molar-refractivity contribution in [1.82, 2.24) is 0 Å². The number of nitrogens with zero attached hydrogens (tertiary/aromatic N) is 2. The van der Waals surface area contributed by atoms with Crippen molar-refractivity contribution >= 4 is 68.1 Å². The van der Waals surface area contributed by atoms with Crippen LogP contribution < -0.4 is 20.8 Å². The fourth-order valence-corrected chi connectivity index (χ4v) is 13.4. The summed E-state index contributed by atoms with van der Waals surface area (Å²) >= 11 is 0. The first-order valence-corrected chi connectivity index (χ1v) is 26.6. The van der Waals surface area contributed by atoms with Crippen molar-refractivity contribution in [3.63, 3.8) is 0 Å². The zero-order chi connectivity index (χ0) is 49.9. The van der Waals surface area contributed by atoms with Gasteiger partial charge in [0, 0.05) is 33.3 Å². The summed E-state index contributed by atoms with van der Waals surface area (Å²) < 4.78 is 7.84. The Balaban J connectivity index is 1.21. The highest BCUT2D eigenvalue weighted by molar-refractivity contribution is 6.93. The predicted molar refractivity (Wildman–Crippen MR) is 308 cm³/mol. The van der Waals surface area contributed by atoms with E-state index in [1.807, 2.05) is 0 Å². The largest absolute Gasteiger partial charge is 0.466 e. The van der Waals surface area contributed by atoms with Crippen molar-refractivity contribution in [3.8, 4) is 33.4 Å². The third kappa shape index (κ3) is 6.69. The molecule has 358 valence electrons. The quantitative estimate of drug-likeness (QED) is 0.164. The maximum absolute atomic E-state index is 7.84. The highest BCUT2D eigenvalue weighted by Gasteiger charge is 2.51. The van der Waals surface area contributed by atoms with Gasteiger partial charge in [0.15, 0.2) is 0 Å². The Bertz CT molecular complexity index is 3700. The van der Waals surface area contributed by atoms with Gasteiger partial charge in [0.1, 0.15) is 11.2 Å². The van der Waals surface area contributed by atoms with Gasteiger partial charge in [0.2, 0.25) is 0 Å². The first-order valence-electron chi connectivity index (χ1n) is 26.6. The molecule has 0 bridgehead atoms. The molecule has 2 aliphatic heterocycles. The van der Waals surface area contributed by atoms with E-state index in [9.17, 15) is 0 Å². The Morgan fingerprint density at radius 3 is 1.75 bits per heavy atom. The van der Waals surface area contributed by atoms with E-state index in [0.29, 0.717) is 0 Å². The van der Waals surface area contributed by atoms with Crippen molar-refractivity contribution in [2.75, 3.05) is 9.71 Å².